The lowest BCUT2D eigenvalue weighted by Crippen LogP contribution is -1.98. The molecule has 0 bridgehead atoms. The quantitative estimate of drug-likeness (QED) is 0.472. The second-order valence-electron chi connectivity index (χ2n) is 4.03. The van der Waals surface area contributed by atoms with Gasteiger partial charge in [0.2, 0.25) is 11.6 Å². The summed E-state index contributed by atoms with van der Waals surface area (Å²) in [6.07, 6.45) is 1.33. The van der Waals surface area contributed by atoms with E-state index in [2.05, 4.69) is 20.9 Å². The van der Waals surface area contributed by atoms with Crippen molar-refractivity contribution >= 4 is 27.4 Å². The normalized spacial score (nSPS) is 10.2. The molecule has 6 nitrogen and oxygen atoms in total. The number of benzene rings is 1. The highest BCUT2D eigenvalue weighted by molar-refractivity contribution is 9.10. The van der Waals surface area contributed by atoms with E-state index in [1.807, 2.05) is 0 Å². The lowest BCUT2D eigenvalue weighted by atomic mass is 10.2. The number of ether oxygens (including phenoxy) is 1. The zero-order valence-corrected chi connectivity index (χ0v) is 12.3. The molecule has 8 heteroatoms. The number of rotatable bonds is 4. The lowest BCUT2D eigenvalue weighted by molar-refractivity contribution is -0.385. The van der Waals surface area contributed by atoms with Gasteiger partial charge in [-0.15, -0.1) is 0 Å². The summed E-state index contributed by atoms with van der Waals surface area (Å²) >= 11 is 2.87. The van der Waals surface area contributed by atoms with Crippen molar-refractivity contribution in [1.82, 2.24) is 4.98 Å². The summed E-state index contributed by atoms with van der Waals surface area (Å²) in [4.78, 5) is 25.4. The van der Waals surface area contributed by atoms with E-state index >= 15 is 0 Å². The fourth-order valence-electron chi connectivity index (χ4n) is 1.54. The van der Waals surface area contributed by atoms with Crippen molar-refractivity contribution in [1.29, 1.82) is 0 Å². The molecule has 0 fully saturated rings. The number of nitro groups is 1. The van der Waals surface area contributed by atoms with Crippen LogP contribution in [0.4, 0.5) is 10.1 Å². The van der Waals surface area contributed by atoms with Crippen LogP contribution in [0.2, 0.25) is 0 Å². The van der Waals surface area contributed by atoms with Crippen LogP contribution >= 0.6 is 15.9 Å². The molecule has 0 N–H and O–H groups in total. The maximum atomic E-state index is 13.5. The fraction of sp³-hybridized carbons (Fsp3) is 0.0769. The molecule has 1 aromatic heterocycles. The number of hydrogen-bond acceptors (Lipinski definition) is 5. The number of carbonyl (C=O) groups excluding carboxylic acids is 1. The molecule has 0 aliphatic carbocycles. The number of hydrogen-bond donors (Lipinski definition) is 0. The van der Waals surface area contributed by atoms with Crippen molar-refractivity contribution in [2.45, 2.75) is 6.92 Å². The topological polar surface area (TPSA) is 82.3 Å². The predicted octanol–water partition coefficient (Wildman–Crippen LogP) is 3.89. The van der Waals surface area contributed by atoms with E-state index in [9.17, 15) is 19.3 Å². The zero-order chi connectivity index (χ0) is 15.6. The molecule has 0 radical (unpaired) electrons. The van der Waals surface area contributed by atoms with Crippen LogP contribution < -0.4 is 4.74 Å². The summed E-state index contributed by atoms with van der Waals surface area (Å²) in [5, 5.41) is 11.0. The minimum Gasteiger partial charge on any atom is -0.432 e. The minimum atomic E-state index is -0.710. The van der Waals surface area contributed by atoms with Crippen molar-refractivity contribution in [3.8, 4) is 11.6 Å². The van der Waals surface area contributed by atoms with Gasteiger partial charge in [-0.1, -0.05) is 0 Å². The fourth-order valence-corrected chi connectivity index (χ4v) is 1.87. The van der Waals surface area contributed by atoms with E-state index in [4.69, 9.17) is 4.74 Å². The van der Waals surface area contributed by atoms with Gasteiger partial charge < -0.3 is 4.74 Å². The van der Waals surface area contributed by atoms with E-state index in [1.165, 1.54) is 25.3 Å². The van der Waals surface area contributed by atoms with Crippen LogP contribution in [-0.2, 0) is 0 Å². The Balaban J connectivity index is 2.43. The van der Waals surface area contributed by atoms with Gasteiger partial charge in [0.05, 0.1) is 9.40 Å². The first-order chi connectivity index (χ1) is 9.88. The van der Waals surface area contributed by atoms with Crippen LogP contribution in [0.25, 0.3) is 0 Å². The maximum absolute atomic E-state index is 13.5. The van der Waals surface area contributed by atoms with Gasteiger partial charge in [0.25, 0.3) is 0 Å². The summed E-state index contributed by atoms with van der Waals surface area (Å²) < 4.78 is 18.7. The number of nitrogens with zero attached hydrogens (tertiary/aromatic N) is 2. The first-order valence-corrected chi connectivity index (χ1v) is 6.46. The van der Waals surface area contributed by atoms with Gasteiger partial charge >= 0.3 is 5.69 Å². The van der Waals surface area contributed by atoms with Crippen molar-refractivity contribution in [3.63, 3.8) is 0 Å². The summed E-state index contributed by atoms with van der Waals surface area (Å²) in [5.41, 5.74) is -0.0847. The number of pyridine rings is 1. The van der Waals surface area contributed by atoms with Gasteiger partial charge in [-0.25, -0.2) is 9.37 Å². The Morgan fingerprint density at radius 3 is 2.76 bits per heavy atom. The van der Waals surface area contributed by atoms with E-state index in [0.717, 1.165) is 12.1 Å². The third-order valence-electron chi connectivity index (χ3n) is 2.55. The van der Waals surface area contributed by atoms with Crippen LogP contribution in [0.5, 0.6) is 11.6 Å². The van der Waals surface area contributed by atoms with Gasteiger partial charge in [-0.05, 0) is 28.9 Å². The van der Waals surface area contributed by atoms with Gasteiger partial charge in [0.1, 0.15) is 5.82 Å². The highest BCUT2D eigenvalue weighted by Crippen LogP contribution is 2.35. The van der Waals surface area contributed by atoms with Crippen molar-refractivity contribution < 1.29 is 18.8 Å². The van der Waals surface area contributed by atoms with Crippen LogP contribution in [-0.4, -0.2) is 15.7 Å². The van der Waals surface area contributed by atoms with Gasteiger partial charge in [0, 0.05) is 30.0 Å². The van der Waals surface area contributed by atoms with E-state index in [-0.39, 0.29) is 21.9 Å². The van der Waals surface area contributed by atoms with E-state index in [1.54, 1.807) is 0 Å². The molecule has 0 aliphatic heterocycles. The van der Waals surface area contributed by atoms with Crippen molar-refractivity contribution in [2.75, 3.05) is 0 Å². The predicted molar refractivity (Wildman–Crippen MR) is 75.1 cm³/mol. The molecular formula is C13H8BrFN2O4. The highest BCUT2D eigenvalue weighted by atomic mass is 79.9. The smallest absolute Gasteiger partial charge is 0.312 e. The third-order valence-corrected chi connectivity index (χ3v) is 3.16. The Morgan fingerprint density at radius 1 is 1.43 bits per heavy atom. The minimum absolute atomic E-state index is 0.0347. The Hall–Kier alpha value is -2.35. The average molecular weight is 355 g/mol. The summed E-state index contributed by atoms with van der Waals surface area (Å²) in [6.45, 7) is 1.36. The monoisotopic (exact) mass is 354 g/mol. The SMILES string of the molecule is CC(=O)c1ccnc(Oc2cc(F)c(Br)cc2[N+](=O)[O-])c1. The van der Waals surface area contributed by atoms with E-state index in [0.29, 0.717) is 5.56 Å². The van der Waals surface area contributed by atoms with Gasteiger partial charge in [-0.3, -0.25) is 14.9 Å². The molecule has 0 saturated heterocycles. The summed E-state index contributed by atoms with van der Waals surface area (Å²) in [5.74, 6) is -1.25. The maximum Gasteiger partial charge on any atom is 0.312 e. The largest absolute Gasteiger partial charge is 0.432 e. The van der Waals surface area contributed by atoms with Crippen LogP contribution in [0.15, 0.2) is 34.9 Å². The third kappa shape index (κ3) is 3.40. The molecule has 0 amide bonds. The molecule has 0 saturated carbocycles. The molecule has 0 unspecified atom stereocenters. The number of carbonyl (C=O) groups is 1. The first kappa shape index (κ1) is 15.0. The molecule has 0 atom stereocenters. The molecule has 21 heavy (non-hydrogen) atoms. The molecule has 0 aliphatic rings. The number of Topliss-reactive ketones (excluding diaryl/α,β-unsaturated/α-hetero) is 1. The lowest BCUT2D eigenvalue weighted by Gasteiger charge is -2.07. The van der Waals surface area contributed by atoms with Crippen molar-refractivity contribution in [3.05, 3.63) is 56.4 Å². The molecular weight excluding hydrogens is 347 g/mol. The number of aromatic nitrogens is 1. The number of nitro benzene ring substituents is 1. The van der Waals surface area contributed by atoms with E-state index < -0.39 is 16.4 Å². The summed E-state index contributed by atoms with van der Waals surface area (Å²) in [6, 6.07) is 4.68. The molecule has 2 aromatic rings. The highest BCUT2D eigenvalue weighted by Gasteiger charge is 2.20. The number of halogens is 2. The molecule has 2 rings (SSSR count). The van der Waals surface area contributed by atoms with Gasteiger partial charge in [0.15, 0.2) is 5.78 Å². The average Bonchev–Trinajstić information content (AvgIpc) is 2.42. The zero-order valence-electron chi connectivity index (χ0n) is 10.7. The van der Waals surface area contributed by atoms with Crippen LogP contribution in [0.1, 0.15) is 17.3 Å². The molecule has 0 spiro atoms. The molecule has 1 aromatic carbocycles. The van der Waals surface area contributed by atoms with Gasteiger partial charge in [-0.2, -0.15) is 0 Å². The Kier molecular flexibility index (Phi) is 4.27. The number of ketones is 1. The Labute approximate surface area is 126 Å². The Bertz CT molecular complexity index is 736. The Morgan fingerprint density at radius 2 is 2.14 bits per heavy atom. The first-order valence-electron chi connectivity index (χ1n) is 5.66. The second kappa shape index (κ2) is 5.96. The van der Waals surface area contributed by atoms with Crippen LogP contribution in [0.3, 0.4) is 0 Å². The standard InChI is InChI=1S/C13H8BrFN2O4/c1-7(18)8-2-3-16-13(4-8)21-12-6-10(15)9(14)5-11(12)17(19)20/h2-6H,1H3. The van der Waals surface area contributed by atoms with Crippen molar-refractivity contribution in [2.24, 2.45) is 0 Å². The molecule has 1 heterocycles. The van der Waals surface area contributed by atoms with Crippen LogP contribution in [0, 0.1) is 15.9 Å². The second-order valence-corrected chi connectivity index (χ2v) is 4.89. The summed E-state index contributed by atoms with van der Waals surface area (Å²) in [7, 11) is 0. The molecule has 108 valence electrons.